The maximum Gasteiger partial charge on any atom is 0.266 e. The Hall–Kier alpha value is -1.97. The van der Waals surface area contributed by atoms with Gasteiger partial charge in [0.2, 0.25) is 5.91 Å². The lowest BCUT2D eigenvalue weighted by Crippen LogP contribution is -2.33. The zero-order valence-electron chi connectivity index (χ0n) is 16.8. The van der Waals surface area contributed by atoms with Crippen LogP contribution in [0.1, 0.15) is 31.4 Å². The first-order valence-electron chi connectivity index (χ1n) is 10.1. The Bertz CT molecular complexity index is 1050. The summed E-state index contributed by atoms with van der Waals surface area (Å²) in [6, 6.07) is 7.34. The van der Waals surface area contributed by atoms with Gasteiger partial charge < -0.3 is 5.32 Å². The summed E-state index contributed by atoms with van der Waals surface area (Å²) in [5, 5.41) is 11.1. The third kappa shape index (κ3) is 5.19. The van der Waals surface area contributed by atoms with E-state index >= 15 is 0 Å². The highest BCUT2D eigenvalue weighted by atomic mass is 32.2. The van der Waals surface area contributed by atoms with E-state index in [0.717, 1.165) is 26.1 Å². The summed E-state index contributed by atoms with van der Waals surface area (Å²) < 4.78 is 1.42. The molecule has 1 aliphatic carbocycles. The summed E-state index contributed by atoms with van der Waals surface area (Å²) >= 11 is 4.98. The Morgan fingerprint density at radius 3 is 2.90 bits per heavy atom. The van der Waals surface area contributed by atoms with E-state index in [1.807, 2.05) is 18.4 Å². The number of aryl methyl sites for hydroxylation is 1. The van der Waals surface area contributed by atoms with Crippen LogP contribution in [-0.2, 0) is 11.3 Å². The lowest BCUT2D eigenvalue weighted by Gasteiger charge is -2.10. The highest BCUT2D eigenvalue weighted by Gasteiger charge is 2.17. The van der Waals surface area contributed by atoms with Gasteiger partial charge in [0.1, 0.15) is 10.7 Å². The minimum Gasteiger partial charge on any atom is -0.354 e. The number of hydrogen-bond donors (Lipinski definition) is 1. The summed E-state index contributed by atoms with van der Waals surface area (Å²) in [7, 11) is 0. The third-order valence-corrected chi connectivity index (χ3v) is 8.62. The van der Waals surface area contributed by atoms with Crippen molar-refractivity contribution in [3.63, 3.8) is 0 Å². The fourth-order valence-corrected chi connectivity index (χ4v) is 6.45. The van der Waals surface area contributed by atoms with Crippen molar-refractivity contribution in [2.24, 2.45) is 0 Å². The number of carbonyl (C=O) groups excluding carboxylic acids is 1. The van der Waals surface area contributed by atoms with Crippen molar-refractivity contribution in [3.05, 3.63) is 45.7 Å². The molecule has 0 bridgehead atoms. The lowest BCUT2D eigenvalue weighted by molar-refractivity contribution is -0.118. The van der Waals surface area contributed by atoms with Gasteiger partial charge in [0.25, 0.3) is 5.56 Å². The van der Waals surface area contributed by atoms with Gasteiger partial charge in [-0.3, -0.25) is 9.59 Å². The molecular formula is C21H24N4O2S3. The van der Waals surface area contributed by atoms with Crippen LogP contribution in [0.5, 0.6) is 0 Å². The molecule has 1 fully saturated rings. The number of thiazole rings is 1. The number of thiophene rings is 1. The van der Waals surface area contributed by atoms with Gasteiger partial charge in [-0.05, 0) is 37.3 Å². The van der Waals surface area contributed by atoms with Gasteiger partial charge in [-0.15, -0.1) is 34.4 Å². The van der Waals surface area contributed by atoms with Crippen LogP contribution in [0.15, 0.2) is 34.4 Å². The van der Waals surface area contributed by atoms with E-state index in [1.54, 1.807) is 40.5 Å². The standard InChI is InChI=1S/C21H24N4O2S3/c1-14-20(30-21(23-14)17-7-4-12-28-17)16-8-9-19(27)25(24-16)11-10-22-18(26)13-29-15-5-2-3-6-15/h4,7-9,12,15H,2-3,5-6,10-11,13H2,1H3,(H,22,26). The van der Waals surface area contributed by atoms with Crippen LogP contribution in [0.25, 0.3) is 20.5 Å². The summed E-state index contributed by atoms with van der Waals surface area (Å²) in [6.07, 6.45) is 4.99. The topological polar surface area (TPSA) is 76.9 Å². The average molecular weight is 461 g/mol. The van der Waals surface area contributed by atoms with E-state index in [9.17, 15) is 9.59 Å². The SMILES string of the molecule is Cc1nc(-c2cccs2)sc1-c1ccc(=O)n(CCNC(=O)CSC2CCCC2)n1. The molecule has 0 unspecified atom stereocenters. The maximum atomic E-state index is 12.2. The fraction of sp³-hybridized carbons (Fsp3) is 0.429. The molecule has 0 radical (unpaired) electrons. The van der Waals surface area contributed by atoms with Crippen molar-refractivity contribution in [1.29, 1.82) is 0 Å². The minimum absolute atomic E-state index is 0.0231. The quantitative estimate of drug-likeness (QED) is 0.545. The minimum atomic E-state index is -0.172. The van der Waals surface area contributed by atoms with Crippen molar-refractivity contribution >= 4 is 40.3 Å². The normalized spacial score (nSPS) is 14.3. The predicted molar refractivity (Wildman–Crippen MR) is 125 cm³/mol. The Morgan fingerprint density at radius 2 is 2.13 bits per heavy atom. The molecule has 0 aliphatic heterocycles. The van der Waals surface area contributed by atoms with E-state index in [-0.39, 0.29) is 11.5 Å². The number of rotatable bonds is 8. The van der Waals surface area contributed by atoms with Gasteiger partial charge in [-0.25, -0.2) is 9.67 Å². The molecule has 9 heteroatoms. The van der Waals surface area contributed by atoms with Crippen molar-refractivity contribution in [2.45, 2.75) is 44.4 Å². The third-order valence-electron chi connectivity index (χ3n) is 5.03. The van der Waals surface area contributed by atoms with Crippen LogP contribution in [0.2, 0.25) is 0 Å². The molecule has 3 aromatic rings. The van der Waals surface area contributed by atoms with E-state index in [2.05, 4.69) is 21.5 Å². The molecule has 3 heterocycles. The molecule has 30 heavy (non-hydrogen) atoms. The van der Waals surface area contributed by atoms with Gasteiger partial charge in [0.05, 0.1) is 27.7 Å². The van der Waals surface area contributed by atoms with Gasteiger partial charge in [0.15, 0.2) is 0 Å². The Balaban J connectivity index is 1.37. The van der Waals surface area contributed by atoms with E-state index in [4.69, 9.17) is 0 Å². The van der Waals surface area contributed by atoms with Gasteiger partial charge >= 0.3 is 0 Å². The zero-order chi connectivity index (χ0) is 20.9. The molecule has 1 amide bonds. The van der Waals surface area contributed by atoms with E-state index in [1.165, 1.54) is 36.4 Å². The summed E-state index contributed by atoms with van der Waals surface area (Å²) in [4.78, 5) is 31.1. The number of aromatic nitrogens is 3. The van der Waals surface area contributed by atoms with Crippen LogP contribution < -0.4 is 10.9 Å². The largest absolute Gasteiger partial charge is 0.354 e. The van der Waals surface area contributed by atoms with Gasteiger partial charge in [-0.1, -0.05) is 18.9 Å². The summed E-state index contributed by atoms with van der Waals surface area (Å²) in [5.41, 5.74) is 1.46. The first-order valence-corrected chi connectivity index (χ1v) is 12.8. The number of carbonyl (C=O) groups is 1. The summed E-state index contributed by atoms with van der Waals surface area (Å²) in [6.45, 7) is 2.70. The molecule has 0 atom stereocenters. The Morgan fingerprint density at radius 1 is 1.30 bits per heavy atom. The molecule has 4 rings (SSSR count). The average Bonchev–Trinajstić information content (AvgIpc) is 3.50. The molecular weight excluding hydrogens is 436 g/mol. The summed E-state index contributed by atoms with van der Waals surface area (Å²) in [5.74, 6) is 0.508. The highest BCUT2D eigenvalue weighted by Crippen LogP contribution is 2.35. The first-order chi connectivity index (χ1) is 14.6. The number of nitrogens with zero attached hydrogens (tertiary/aromatic N) is 3. The monoisotopic (exact) mass is 460 g/mol. The van der Waals surface area contributed by atoms with E-state index < -0.39 is 0 Å². The fourth-order valence-electron chi connectivity index (χ4n) is 3.47. The van der Waals surface area contributed by atoms with Crippen molar-refractivity contribution < 1.29 is 4.79 Å². The van der Waals surface area contributed by atoms with Gasteiger partial charge in [0, 0.05) is 17.9 Å². The van der Waals surface area contributed by atoms with Crippen molar-refractivity contribution in [2.75, 3.05) is 12.3 Å². The predicted octanol–water partition coefficient (Wildman–Crippen LogP) is 4.20. The van der Waals surface area contributed by atoms with Crippen molar-refractivity contribution in [3.8, 4) is 20.5 Å². The molecule has 158 valence electrons. The Kier molecular flexibility index (Phi) is 7.01. The first kappa shape index (κ1) is 21.3. The molecule has 6 nitrogen and oxygen atoms in total. The highest BCUT2D eigenvalue weighted by molar-refractivity contribution is 8.00. The molecule has 1 saturated carbocycles. The van der Waals surface area contributed by atoms with Gasteiger partial charge in [-0.2, -0.15) is 5.10 Å². The van der Waals surface area contributed by atoms with Crippen LogP contribution in [0, 0.1) is 6.92 Å². The van der Waals surface area contributed by atoms with E-state index in [0.29, 0.717) is 24.1 Å². The smallest absolute Gasteiger partial charge is 0.266 e. The molecule has 0 saturated heterocycles. The van der Waals surface area contributed by atoms with Crippen LogP contribution in [0.3, 0.4) is 0 Å². The second-order valence-electron chi connectivity index (χ2n) is 7.26. The Labute approximate surface area is 187 Å². The zero-order valence-corrected chi connectivity index (χ0v) is 19.2. The molecule has 0 spiro atoms. The molecule has 3 aromatic heterocycles. The van der Waals surface area contributed by atoms with Crippen LogP contribution in [0.4, 0.5) is 0 Å². The van der Waals surface area contributed by atoms with Crippen molar-refractivity contribution in [1.82, 2.24) is 20.1 Å². The molecule has 1 aliphatic rings. The number of amides is 1. The second-order valence-corrected chi connectivity index (χ2v) is 10.5. The number of hydrogen-bond acceptors (Lipinski definition) is 7. The molecule has 1 N–H and O–H groups in total. The van der Waals surface area contributed by atoms with Crippen LogP contribution in [-0.4, -0.2) is 38.2 Å². The lowest BCUT2D eigenvalue weighted by atomic mass is 10.3. The maximum absolute atomic E-state index is 12.2. The number of nitrogens with one attached hydrogen (secondary N) is 1. The number of thioether (sulfide) groups is 1. The second kappa shape index (κ2) is 9.89. The van der Waals surface area contributed by atoms with Crippen LogP contribution >= 0.6 is 34.4 Å². The molecule has 0 aromatic carbocycles.